The zero-order valence-corrected chi connectivity index (χ0v) is 12.9. The Morgan fingerprint density at radius 3 is 2.90 bits per heavy atom. The number of anilines is 1. The normalized spacial score (nSPS) is 17.2. The van der Waals surface area contributed by atoms with Crippen molar-refractivity contribution in [3.05, 3.63) is 29.8 Å². The molecule has 5 nitrogen and oxygen atoms in total. The second-order valence-corrected chi connectivity index (χ2v) is 5.95. The van der Waals surface area contributed by atoms with E-state index in [1.54, 1.807) is 22.7 Å². The van der Waals surface area contributed by atoms with Gasteiger partial charge in [0.1, 0.15) is 0 Å². The standard InChI is InChI=1S/C15H20N2O3S/c1-21-10-4-8-16-15(20)17-9-7-12(14(18)19)11-5-2-3-6-13(11)17/h2-3,5-6,12H,4,7-10H2,1H3,(H,16,20)(H,18,19). The molecule has 6 heteroatoms. The van der Waals surface area contributed by atoms with Gasteiger partial charge in [-0.3, -0.25) is 9.69 Å². The van der Waals surface area contributed by atoms with E-state index in [2.05, 4.69) is 5.32 Å². The summed E-state index contributed by atoms with van der Waals surface area (Å²) in [6.07, 6.45) is 3.42. The van der Waals surface area contributed by atoms with Crippen LogP contribution in [0.2, 0.25) is 0 Å². The molecule has 1 atom stereocenters. The number of hydrogen-bond donors (Lipinski definition) is 2. The molecule has 0 spiro atoms. The Hall–Kier alpha value is -1.69. The number of benzene rings is 1. The van der Waals surface area contributed by atoms with Gasteiger partial charge in [-0.05, 0) is 36.5 Å². The molecule has 2 rings (SSSR count). The molecule has 0 saturated carbocycles. The van der Waals surface area contributed by atoms with E-state index in [4.69, 9.17) is 0 Å². The maximum absolute atomic E-state index is 12.3. The van der Waals surface area contributed by atoms with Crippen LogP contribution in [0.5, 0.6) is 0 Å². The van der Waals surface area contributed by atoms with Crippen LogP contribution in [0.4, 0.5) is 10.5 Å². The van der Waals surface area contributed by atoms with Crippen LogP contribution in [0.15, 0.2) is 24.3 Å². The van der Waals surface area contributed by atoms with Gasteiger partial charge in [0, 0.05) is 18.8 Å². The number of carboxylic acids is 1. The van der Waals surface area contributed by atoms with E-state index < -0.39 is 11.9 Å². The Balaban J connectivity index is 2.10. The molecule has 0 aliphatic carbocycles. The van der Waals surface area contributed by atoms with Crippen molar-refractivity contribution in [3.63, 3.8) is 0 Å². The number of urea groups is 1. The smallest absolute Gasteiger partial charge is 0.321 e. The van der Waals surface area contributed by atoms with Gasteiger partial charge in [-0.15, -0.1) is 0 Å². The fourth-order valence-corrected chi connectivity index (χ4v) is 2.97. The summed E-state index contributed by atoms with van der Waals surface area (Å²) in [6, 6.07) is 7.10. The molecule has 0 aromatic heterocycles. The fraction of sp³-hybridized carbons (Fsp3) is 0.467. The summed E-state index contributed by atoms with van der Waals surface area (Å²) >= 11 is 1.75. The second kappa shape index (κ2) is 7.36. The highest BCUT2D eigenvalue weighted by Gasteiger charge is 2.32. The number of nitrogens with zero attached hydrogens (tertiary/aromatic N) is 1. The number of nitrogens with one attached hydrogen (secondary N) is 1. The molecule has 0 fully saturated rings. The van der Waals surface area contributed by atoms with Crippen LogP contribution in [0.1, 0.15) is 24.3 Å². The summed E-state index contributed by atoms with van der Waals surface area (Å²) in [6.45, 7) is 1.07. The third-order valence-corrected chi connectivity index (χ3v) is 4.29. The number of amides is 2. The van der Waals surface area contributed by atoms with Gasteiger partial charge in [0.25, 0.3) is 0 Å². The fourth-order valence-electron chi connectivity index (χ4n) is 2.54. The Kier molecular flexibility index (Phi) is 5.50. The molecule has 0 bridgehead atoms. The van der Waals surface area contributed by atoms with E-state index in [0.717, 1.165) is 17.7 Å². The molecule has 1 aliphatic heterocycles. The Morgan fingerprint density at radius 1 is 1.43 bits per heavy atom. The Bertz CT molecular complexity index is 521. The molecule has 1 aliphatic rings. The van der Waals surface area contributed by atoms with Crippen molar-refractivity contribution in [1.29, 1.82) is 0 Å². The van der Waals surface area contributed by atoms with Crippen molar-refractivity contribution in [1.82, 2.24) is 5.32 Å². The van der Waals surface area contributed by atoms with Gasteiger partial charge in [0.15, 0.2) is 0 Å². The predicted molar refractivity (Wildman–Crippen MR) is 85.2 cm³/mol. The molecule has 0 saturated heterocycles. The number of hydrogen-bond acceptors (Lipinski definition) is 3. The molecule has 114 valence electrons. The molecule has 0 radical (unpaired) electrons. The summed E-state index contributed by atoms with van der Waals surface area (Å²) < 4.78 is 0. The van der Waals surface area contributed by atoms with Crippen LogP contribution >= 0.6 is 11.8 Å². The van der Waals surface area contributed by atoms with E-state index >= 15 is 0 Å². The van der Waals surface area contributed by atoms with Crippen molar-refractivity contribution < 1.29 is 14.7 Å². The largest absolute Gasteiger partial charge is 0.481 e. The van der Waals surface area contributed by atoms with Crippen LogP contribution < -0.4 is 10.2 Å². The van der Waals surface area contributed by atoms with E-state index in [9.17, 15) is 14.7 Å². The first-order valence-electron chi connectivity index (χ1n) is 7.01. The summed E-state index contributed by atoms with van der Waals surface area (Å²) in [5, 5.41) is 12.2. The number of aliphatic carboxylic acids is 1. The van der Waals surface area contributed by atoms with Crippen molar-refractivity contribution in [3.8, 4) is 0 Å². The molecule has 1 heterocycles. The summed E-state index contributed by atoms with van der Waals surface area (Å²) in [7, 11) is 0. The maximum Gasteiger partial charge on any atom is 0.321 e. The highest BCUT2D eigenvalue weighted by Crippen LogP contribution is 2.35. The van der Waals surface area contributed by atoms with Crippen molar-refractivity contribution in [2.24, 2.45) is 0 Å². The maximum atomic E-state index is 12.3. The van der Waals surface area contributed by atoms with Crippen LogP contribution in [0, 0.1) is 0 Å². The minimum atomic E-state index is -0.831. The van der Waals surface area contributed by atoms with E-state index in [-0.39, 0.29) is 6.03 Å². The minimum Gasteiger partial charge on any atom is -0.481 e. The number of fused-ring (bicyclic) bond motifs is 1. The lowest BCUT2D eigenvalue weighted by molar-refractivity contribution is -0.139. The molecule has 1 unspecified atom stereocenters. The Labute approximate surface area is 128 Å². The zero-order valence-electron chi connectivity index (χ0n) is 12.0. The van der Waals surface area contributed by atoms with Crippen molar-refractivity contribution in [2.45, 2.75) is 18.8 Å². The highest BCUT2D eigenvalue weighted by molar-refractivity contribution is 7.98. The van der Waals surface area contributed by atoms with Gasteiger partial charge >= 0.3 is 12.0 Å². The number of carbonyl (C=O) groups excluding carboxylic acids is 1. The third kappa shape index (κ3) is 3.69. The first-order chi connectivity index (χ1) is 10.1. The lowest BCUT2D eigenvalue weighted by Crippen LogP contribution is -2.44. The second-order valence-electron chi connectivity index (χ2n) is 4.97. The Morgan fingerprint density at radius 2 is 2.19 bits per heavy atom. The monoisotopic (exact) mass is 308 g/mol. The number of thioether (sulfide) groups is 1. The number of para-hydroxylation sites is 1. The predicted octanol–water partition coefficient (Wildman–Crippen LogP) is 2.53. The zero-order chi connectivity index (χ0) is 15.2. The number of carboxylic acid groups (broad SMARTS) is 1. The average molecular weight is 308 g/mol. The first-order valence-corrected chi connectivity index (χ1v) is 8.40. The molecule has 21 heavy (non-hydrogen) atoms. The van der Waals surface area contributed by atoms with Crippen molar-refractivity contribution >= 4 is 29.4 Å². The average Bonchev–Trinajstić information content (AvgIpc) is 2.50. The van der Waals surface area contributed by atoms with Gasteiger partial charge in [-0.1, -0.05) is 18.2 Å². The van der Waals surface area contributed by atoms with E-state index in [0.29, 0.717) is 25.2 Å². The van der Waals surface area contributed by atoms with Crippen LogP contribution in [-0.2, 0) is 4.79 Å². The molecule has 2 N–H and O–H groups in total. The van der Waals surface area contributed by atoms with Crippen molar-refractivity contribution in [2.75, 3.05) is 30.0 Å². The van der Waals surface area contributed by atoms with Gasteiger partial charge in [-0.25, -0.2) is 4.79 Å². The van der Waals surface area contributed by atoms with E-state index in [1.807, 2.05) is 24.5 Å². The molecular formula is C15H20N2O3S. The first kappa shape index (κ1) is 15.7. The third-order valence-electron chi connectivity index (χ3n) is 3.59. The van der Waals surface area contributed by atoms with Gasteiger partial charge in [0.05, 0.1) is 5.92 Å². The molecule has 1 aromatic carbocycles. The topological polar surface area (TPSA) is 69.6 Å². The van der Waals surface area contributed by atoms with Gasteiger partial charge in [0.2, 0.25) is 0 Å². The molecule has 2 amide bonds. The van der Waals surface area contributed by atoms with Crippen LogP contribution in [0.25, 0.3) is 0 Å². The quantitative estimate of drug-likeness (QED) is 0.820. The number of rotatable bonds is 5. The lowest BCUT2D eigenvalue weighted by atomic mass is 9.90. The minimum absolute atomic E-state index is 0.146. The van der Waals surface area contributed by atoms with Crippen LogP contribution in [0.3, 0.4) is 0 Å². The van der Waals surface area contributed by atoms with Gasteiger partial charge in [-0.2, -0.15) is 11.8 Å². The SMILES string of the molecule is CSCCCNC(=O)N1CCC(C(=O)O)c2ccccc21. The molecule has 1 aromatic rings. The number of carbonyl (C=O) groups is 2. The van der Waals surface area contributed by atoms with Gasteiger partial charge < -0.3 is 10.4 Å². The van der Waals surface area contributed by atoms with Crippen LogP contribution in [-0.4, -0.2) is 42.2 Å². The van der Waals surface area contributed by atoms with E-state index in [1.165, 1.54) is 0 Å². The highest BCUT2D eigenvalue weighted by atomic mass is 32.2. The molecular weight excluding hydrogens is 288 g/mol. The summed E-state index contributed by atoms with van der Waals surface area (Å²) in [4.78, 5) is 25.2. The summed E-state index contributed by atoms with van der Waals surface area (Å²) in [5.41, 5.74) is 1.43. The lowest BCUT2D eigenvalue weighted by Gasteiger charge is -2.32. The summed E-state index contributed by atoms with van der Waals surface area (Å²) in [5.74, 6) is -0.345.